The van der Waals surface area contributed by atoms with Crippen LogP contribution < -0.4 is 0 Å². The van der Waals surface area contributed by atoms with Gasteiger partial charge in [0.2, 0.25) is 5.75 Å². The van der Waals surface area contributed by atoms with Gasteiger partial charge in [-0.1, -0.05) is 6.07 Å². The lowest BCUT2D eigenvalue weighted by Gasteiger charge is -2.41. The highest BCUT2D eigenvalue weighted by atomic mass is 16.6. The Balaban J connectivity index is 2.32. The zero-order valence-electron chi connectivity index (χ0n) is 12.2. The molecule has 1 aromatic rings. The zero-order valence-corrected chi connectivity index (χ0v) is 12.2. The van der Waals surface area contributed by atoms with Gasteiger partial charge in [0.15, 0.2) is 0 Å². The number of phenolic OH excluding ortho intramolecular Hbond substituents is 1. The number of nitro benzene ring substituents is 1. The third-order valence-electron chi connectivity index (χ3n) is 3.30. The number of nitro groups is 1. The van der Waals surface area contributed by atoms with Crippen molar-refractivity contribution in [2.24, 2.45) is 0 Å². The monoisotopic (exact) mass is 294 g/mol. The van der Waals surface area contributed by atoms with E-state index in [1.54, 1.807) is 4.90 Å². The van der Waals surface area contributed by atoms with Gasteiger partial charge >= 0.3 is 5.69 Å². The van der Waals surface area contributed by atoms with Gasteiger partial charge in [-0.15, -0.1) is 0 Å². The van der Waals surface area contributed by atoms with Crippen molar-refractivity contribution in [3.05, 3.63) is 33.9 Å². The second kappa shape index (κ2) is 5.33. The molecule has 114 valence electrons. The van der Waals surface area contributed by atoms with E-state index in [-0.39, 0.29) is 11.7 Å². The molecule has 1 atom stereocenters. The second-order valence-electron chi connectivity index (χ2n) is 5.80. The molecule has 0 radical (unpaired) electrons. The summed E-state index contributed by atoms with van der Waals surface area (Å²) in [5.41, 5.74) is -1.03. The van der Waals surface area contributed by atoms with Gasteiger partial charge in [-0.25, -0.2) is 0 Å². The molecule has 0 bridgehead atoms. The molecule has 0 saturated carbocycles. The molecule has 1 fully saturated rings. The predicted octanol–water partition coefficient (Wildman–Crippen LogP) is 1.94. The van der Waals surface area contributed by atoms with E-state index in [1.807, 2.05) is 20.8 Å². The van der Waals surface area contributed by atoms with Crippen LogP contribution in [0.2, 0.25) is 0 Å². The average molecular weight is 294 g/mol. The number of carbonyl (C=O) groups excluding carboxylic acids is 1. The van der Waals surface area contributed by atoms with Gasteiger partial charge in [0.25, 0.3) is 5.91 Å². The van der Waals surface area contributed by atoms with Gasteiger partial charge in [-0.3, -0.25) is 14.9 Å². The number of hydrogen-bond donors (Lipinski definition) is 1. The van der Waals surface area contributed by atoms with Gasteiger partial charge < -0.3 is 14.7 Å². The maximum Gasteiger partial charge on any atom is 0.311 e. The maximum absolute atomic E-state index is 12.5. The Morgan fingerprint density at radius 2 is 2.19 bits per heavy atom. The summed E-state index contributed by atoms with van der Waals surface area (Å²) in [5.74, 6) is -1.02. The van der Waals surface area contributed by atoms with Crippen molar-refractivity contribution < 1.29 is 19.6 Å². The number of carbonyl (C=O) groups is 1. The molecule has 1 saturated heterocycles. The van der Waals surface area contributed by atoms with Crippen molar-refractivity contribution in [2.45, 2.75) is 32.5 Å². The highest BCUT2D eigenvalue weighted by Gasteiger charge is 2.35. The third kappa shape index (κ3) is 3.13. The fraction of sp³-hybridized carbons (Fsp3) is 0.500. The summed E-state index contributed by atoms with van der Waals surface area (Å²) in [6.45, 7) is 6.34. The van der Waals surface area contributed by atoms with Crippen molar-refractivity contribution in [1.82, 2.24) is 4.90 Å². The molecule has 1 unspecified atom stereocenters. The fourth-order valence-corrected chi connectivity index (χ4v) is 2.63. The molecule has 1 heterocycles. The second-order valence-corrected chi connectivity index (χ2v) is 5.80. The number of morpholine rings is 1. The van der Waals surface area contributed by atoms with Crippen LogP contribution in [0, 0.1) is 10.1 Å². The van der Waals surface area contributed by atoms with Crippen molar-refractivity contribution >= 4 is 11.6 Å². The summed E-state index contributed by atoms with van der Waals surface area (Å²) in [6.07, 6.45) is -0.140. The first-order valence-electron chi connectivity index (χ1n) is 6.65. The van der Waals surface area contributed by atoms with Crippen molar-refractivity contribution in [3.63, 3.8) is 0 Å². The van der Waals surface area contributed by atoms with Gasteiger partial charge in [-0.05, 0) is 26.8 Å². The molecule has 1 aliphatic rings. The van der Waals surface area contributed by atoms with Crippen molar-refractivity contribution in [1.29, 1.82) is 0 Å². The molecular weight excluding hydrogens is 276 g/mol. The number of amides is 1. The van der Waals surface area contributed by atoms with E-state index in [0.29, 0.717) is 13.1 Å². The summed E-state index contributed by atoms with van der Waals surface area (Å²) in [4.78, 5) is 24.2. The summed E-state index contributed by atoms with van der Waals surface area (Å²) in [7, 11) is 0. The molecule has 0 aliphatic carbocycles. The van der Waals surface area contributed by atoms with E-state index in [0.717, 1.165) is 6.07 Å². The quantitative estimate of drug-likeness (QED) is 0.664. The van der Waals surface area contributed by atoms with Gasteiger partial charge in [0.05, 0.1) is 22.2 Å². The number of para-hydroxylation sites is 1. The minimum absolute atomic E-state index is 0.0610. The zero-order chi connectivity index (χ0) is 15.8. The molecule has 1 aliphatic heterocycles. The maximum atomic E-state index is 12.5. The Morgan fingerprint density at radius 3 is 2.76 bits per heavy atom. The van der Waals surface area contributed by atoms with E-state index in [4.69, 9.17) is 4.74 Å². The van der Waals surface area contributed by atoms with Crippen LogP contribution in [-0.4, -0.2) is 45.6 Å². The van der Waals surface area contributed by atoms with Crippen LogP contribution in [0.15, 0.2) is 18.2 Å². The van der Waals surface area contributed by atoms with Crippen LogP contribution in [0.5, 0.6) is 5.75 Å². The summed E-state index contributed by atoms with van der Waals surface area (Å²) in [6, 6.07) is 3.94. The predicted molar refractivity (Wildman–Crippen MR) is 75.3 cm³/mol. The number of hydrogen-bond acceptors (Lipinski definition) is 5. The third-order valence-corrected chi connectivity index (χ3v) is 3.30. The molecule has 0 aromatic heterocycles. The largest absolute Gasteiger partial charge is 0.502 e. The minimum Gasteiger partial charge on any atom is -0.502 e. The van der Waals surface area contributed by atoms with Gasteiger partial charge in [0, 0.05) is 19.2 Å². The van der Waals surface area contributed by atoms with Crippen molar-refractivity contribution in [2.75, 3.05) is 13.1 Å². The number of ether oxygens (including phenoxy) is 1. The summed E-state index contributed by atoms with van der Waals surface area (Å²) < 4.78 is 5.72. The molecule has 7 heteroatoms. The Kier molecular flexibility index (Phi) is 3.87. The number of rotatable bonds is 2. The summed E-state index contributed by atoms with van der Waals surface area (Å²) in [5, 5.41) is 20.8. The topological polar surface area (TPSA) is 92.9 Å². The number of nitrogens with zero attached hydrogens (tertiary/aromatic N) is 2. The molecule has 21 heavy (non-hydrogen) atoms. The number of benzene rings is 1. The van der Waals surface area contributed by atoms with E-state index >= 15 is 0 Å². The molecule has 1 amide bonds. The number of aromatic hydroxyl groups is 1. The van der Waals surface area contributed by atoms with E-state index < -0.39 is 27.9 Å². The van der Waals surface area contributed by atoms with Crippen LogP contribution in [-0.2, 0) is 4.74 Å². The Bertz CT molecular complexity index is 585. The summed E-state index contributed by atoms with van der Waals surface area (Å²) >= 11 is 0. The van der Waals surface area contributed by atoms with Gasteiger partial charge in [-0.2, -0.15) is 0 Å². The first kappa shape index (κ1) is 15.2. The highest BCUT2D eigenvalue weighted by Crippen LogP contribution is 2.31. The molecule has 2 rings (SSSR count). The normalized spacial score (nSPS) is 21.1. The lowest BCUT2D eigenvalue weighted by Crippen LogP contribution is -2.53. The molecule has 0 spiro atoms. The van der Waals surface area contributed by atoms with Crippen LogP contribution in [0.4, 0.5) is 5.69 Å². The highest BCUT2D eigenvalue weighted by molar-refractivity contribution is 5.98. The minimum atomic E-state index is -0.710. The molecule has 1 aromatic carbocycles. The average Bonchev–Trinajstić information content (AvgIpc) is 2.35. The van der Waals surface area contributed by atoms with Crippen LogP contribution >= 0.6 is 0 Å². The number of phenols is 1. The fourth-order valence-electron chi connectivity index (χ4n) is 2.63. The van der Waals surface area contributed by atoms with E-state index in [9.17, 15) is 20.0 Å². The Labute approximate surface area is 122 Å². The molecular formula is C14H18N2O5. The Morgan fingerprint density at radius 1 is 1.52 bits per heavy atom. The standard InChI is InChI=1S/C14H18N2O5/c1-9-7-15(8-14(2,3)21-9)13(18)10-5-4-6-11(12(10)17)16(19)20/h4-6,9,17H,7-8H2,1-3H3. The smallest absolute Gasteiger partial charge is 0.311 e. The lowest BCUT2D eigenvalue weighted by atomic mass is 10.0. The van der Waals surface area contributed by atoms with Crippen LogP contribution in [0.25, 0.3) is 0 Å². The van der Waals surface area contributed by atoms with Crippen molar-refractivity contribution in [3.8, 4) is 5.75 Å². The lowest BCUT2D eigenvalue weighted by molar-refractivity contribution is -0.385. The van der Waals surface area contributed by atoms with Crippen LogP contribution in [0.1, 0.15) is 31.1 Å². The first-order valence-corrected chi connectivity index (χ1v) is 6.65. The first-order chi connectivity index (χ1) is 9.71. The molecule has 7 nitrogen and oxygen atoms in total. The van der Waals surface area contributed by atoms with E-state index in [2.05, 4.69) is 0 Å². The van der Waals surface area contributed by atoms with Crippen LogP contribution in [0.3, 0.4) is 0 Å². The van der Waals surface area contributed by atoms with Gasteiger partial charge in [0.1, 0.15) is 0 Å². The SMILES string of the molecule is CC1CN(C(=O)c2cccc([N+](=O)[O-])c2O)CC(C)(C)O1. The Hall–Kier alpha value is -2.15. The molecule has 1 N–H and O–H groups in total. The van der Waals surface area contributed by atoms with E-state index in [1.165, 1.54) is 12.1 Å².